The van der Waals surface area contributed by atoms with Gasteiger partial charge < -0.3 is 5.32 Å². The number of aromatic nitrogens is 1. The van der Waals surface area contributed by atoms with Crippen molar-refractivity contribution in [2.75, 3.05) is 7.05 Å². The van der Waals surface area contributed by atoms with Gasteiger partial charge in [0, 0.05) is 22.0 Å². The minimum atomic E-state index is -0.292. The summed E-state index contributed by atoms with van der Waals surface area (Å²) in [6, 6.07) is 4.51. The van der Waals surface area contributed by atoms with Gasteiger partial charge >= 0.3 is 0 Å². The Hall–Kier alpha value is -0.970. The lowest BCUT2D eigenvalue weighted by molar-refractivity contribution is 0.631. The van der Waals surface area contributed by atoms with E-state index < -0.39 is 0 Å². The van der Waals surface area contributed by atoms with Crippen molar-refractivity contribution in [1.29, 1.82) is 0 Å². The van der Waals surface area contributed by atoms with Crippen LogP contribution >= 0.6 is 22.9 Å². The van der Waals surface area contributed by atoms with Crippen LogP contribution in [-0.4, -0.2) is 12.0 Å². The molecule has 17 heavy (non-hydrogen) atoms. The van der Waals surface area contributed by atoms with Crippen molar-refractivity contribution >= 4 is 22.9 Å². The average Bonchev–Trinajstić information content (AvgIpc) is 2.64. The number of benzene rings is 1. The Bertz CT molecular complexity index is 539. The summed E-state index contributed by atoms with van der Waals surface area (Å²) in [5, 5.41) is 4.26. The van der Waals surface area contributed by atoms with E-state index in [1.165, 1.54) is 23.5 Å². The number of thiazole rings is 1. The third kappa shape index (κ3) is 2.65. The summed E-state index contributed by atoms with van der Waals surface area (Å²) >= 11 is 7.36. The highest BCUT2D eigenvalue weighted by atomic mass is 35.5. The van der Waals surface area contributed by atoms with Gasteiger partial charge in [0.1, 0.15) is 10.8 Å². The molecule has 0 amide bonds. The van der Waals surface area contributed by atoms with Gasteiger partial charge in [0.15, 0.2) is 0 Å². The van der Waals surface area contributed by atoms with Gasteiger partial charge in [-0.3, -0.25) is 0 Å². The highest BCUT2D eigenvalue weighted by molar-refractivity contribution is 7.15. The number of halogens is 2. The topological polar surface area (TPSA) is 24.9 Å². The highest BCUT2D eigenvalue weighted by Crippen LogP contribution is 2.31. The molecule has 2 nitrogen and oxygen atoms in total. The Kier molecular flexibility index (Phi) is 3.76. The average molecular weight is 271 g/mol. The van der Waals surface area contributed by atoms with Crippen LogP contribution in [0.2, 0.25) is 5.02 Å². The Morgan fingerprint density at radius 2 is 2.24 bits per heavy atom. The number of hydrogen-bond donors (Lipinski definition) is 1. The monoisotopic (exact) mass is 270 g/mol. The molecule has 0 radical (unpaired) electrons. The first kappa shape index (κ1) is 12.5. The molecule has 1 N–H and O–H groups in total. The van der Waals surface area contributed by atoms with Crippen molar-refractivity contribution in [3.05, 3.63) is 39.6 Å². The normalized spacial score (nSPS) is 10.8. The Morgan fingerprint density at radius 3 is 2.94 bits per heavy atom. The molecule has 0 aliphatic heterocycles. The van der Waals surface area contributed by atoms with Gasteiger partial charge in [-0.05, 0) is 32.2 Å². The SMILES string of the molecule is CNCc1sc(-c2cc(Cl)ccc2F)nc1C. The lowest BCUT2D eigenvalue weighted by atomic mass is 10.2. The maximum absolute atomic E-state index is 13.7. The predicted molar refractivity (Wildman–Crippen MR) is 70.0 cm³/mol. The molecule has 0 spiro atoms. The lowest BCUT2D eigenvalue weighted by Gasteiger charge is -1.99. The third-order valence-electron chi connectivity index (χ3n) is 2.39. The zero-order valence-electron chi connectivity index (χ0n) is 9.55. The van der Waals surface area contributed by atoms with E-state index in [0.29, 0.717) is 15.6 Å². The molecule has 5 heteroatoms. The van der Waals surface area contributed by atoms with Crippen LogP contribution in [0.1, 0.15) is 10.6 Å². The van der Waals surface area contributed by atoms with Crippen molar-refractivity contribution in [1.82, 2.24) is 10.3 Å². The Labute approximate surface area is 108 Å². The number of aryl methyl sites for hydroxylation is 1. The summed E-state index contributed by atoms with van der Waals surface area (Å²) in [5.41, 5.74) is 1.40. The van der Waals surface area contributed by atoms with Crippen molar-refractivity contribution in [2.45, 2.75) is 13.5 Å². The van der Waals surface area contributed by atoms with Gasteiger partial charge in [-0.15, -0.1) is 11.3 Å². The molecule has 1 aromatic carbocycles. The molecule has 1 heterocycles. The second-order valence-corrected chi connectivity index (χ2v) is 5.20. The third-order valence-corrected chi connectivity index (χ3v) is 3.81. The van der Waals surface area contributed by atoms with Crippen LogP contribution in [0.15, 0.2) is 18.2 Å². The zero-order valence-corrected chi connectivity index (χ0v) is 11.1. The molecule has 2 aromatic rings. The smallest absolute Gasteiger partial charge is 0.133 e. The molecule has 0 atom stereocenters. The number of nitrogens with zero attached hydrogens (tertiary/aromatic N) is 1. The minimum Gasteiger partial charge on any atom is -0.315 e. The van der Waals surface area contributed by atoms with Gasteiger partial charge in [0.05, 0.1) is 5.69 Å². The minimum absolute atomic E-state index is 0.292. The molecule has 1 aromatic heterocycles. The number of rotatable bonds is 3. The standard InChI is InChI=1S/C12H12ClFN2S/c1-7-11(6-15-2)17-12(16-7)9-5-8(13)3-4-10(9)14/h3-5,15H,6H2,1-2H3. The maximum atomic E-state index is 13.7. The maximum Gasteiger partial charge on any atom is 0.133 e. The molecule has 0 saturated heterocycles. The molecule has 0 fully saturated rings. The molecule has 0 aliphatic rings. The van der Waals surface area contributed by atoms with E-state index in [9.17, 15) is 4.39 Å². The fourth-order valence-electron chi connectivity index (χ4n) is 1.53. The van der Waals surface area contributed by atoms with Crippen LogP contribution in [0, 0.1) is 12.7 Å². The van der Waals surface area contributed by atoms with Gasteiger partial charge in [0.2, 0.25) is 0 Å². The zero-order chi connectivity index (χ0) is 12.4. The first-order valence-corrected chi connectivity index (χ1v) is 6.37. The number of nitrogens with one attached hydrogen (secondary N) is 1. The van der Waals surface area contributed by atoms with E-state index in [1.807, 2.05) is 14.0 Å². The van der Waals surface area contributed by atoms with E-state index in [4.69, 9.17) is 11.6 Å². The van der Waals surface area contributed by atoms with Crippen LogP contribution in [0.25, 0.3) is 10.6 Å². The van der Waals surface area contributed by atoms with E-state index in [1.54, 1.807) is 6.07 Å². The predicted octanol–water partition coefficient (Wildman–Crippen LogP) is 3.63. The van der Waals surface area contributed by atoms with Crippen LogP contribution < -0.4 is 5.32 Å². The second-order valence-electron chi connectivity index (χ2n) is 3.68. The van der Waals surface area contributed by atoms with Crippen molar-refractivity contribution in [3.63, 3.8) is 0 Å². The fourth-order valence-corrected chi connectivity index (χ4v) is 2.79. The first-order valence-electron chi connectivity index (χ1n) is 5.18. The summed E-state index contributed by atoms with van der Waals surface area (Å²) in [5.74, 6) is -0.292. The summed E-state index contributed by atoms with van der Waals surface area (Å²) in [6.45, 7) is 2.67. The van der Waals surface area contributed by atoms with E-state index in [0.717, 1.165) is 17.1 Å². The lowest BCUT2D eigenvalue weighted by Crippen LogP contribution is -2.04. The largest absolute Gasteiger partial charge is 0.315 e. The highest BCUT2D eigenvalue weighted by Gasteiger charge is 2.12. The van der Waals surface area contributed by atoms with Crippen molar-refractivity contribution in [3.8, 4) is 10.6 Å². The molecule has 0 aliphatic carbocycles. The van der Waals surface area contributed by atoms with Crippen molar-refractivity contribution < 1.29 is 4.39 Å². The van der Waals surface area contributed by atoms with Crippen molar-refractivity contribution in [2.24, 2.45) is 0 Å². The molecule has 2 rings (SSSR count). The van der Waals surface area contributed by atoms with Crippen LogP contribution in [0.4, 0.5) is 4.39 Å². The van der Waals surface area contributed by atoms with Crippen LogP contribution in [0.3, 0.4) is 0 Å². The Morgan fingerprint density at radius 1 is 1.47 bits per heavy atom. The Balaban J connectivity index is 2.45. The van der Waals surface area contributed by atoms with Gasteiger partial charge in [-0.25, -0.2) is 9.37 Å². The number of hydrogen-bond acceptors (Lipinski definition) is 3. The fraction of sp³-hybridized carbons (Fsp3) is 0.250. The summed E-state index contributed by atoms with van der Waals surface area (Å²) in [4.78, 5) is 5.49. The second kappa shape index (κ2) is 5.12. The van der Waals surface area contributed by atoms with Gasteiger partial charge in [-0.1, -0.05) is 11.6 Å². The summed E-state index contributed by atoms with van der Waals surface area (Å²) < 4.78 is 13.7. The van der Waals surface area contributed by atoms with E-state index >= 15 is 0 Å². The quantitative estimate of drug-likeness (QED) is 0.921. The van der Waals surface area contributed by atoms with Gasteiger partial charge in [0.25, 0.3) is 0 Å². The molecule has 0 unspecified atom stereocenters. The van der Waals surface area contributed by atoms with Gasteiger partial charge in [-0.2, -0.15) is 0 Å². The molecule has 0 saturated carbocycles. The molecular weight excluding hydrogens is 259 g/mol. The molecule has 90 valence electrons. The summed E-state index contributed by atoms with van der Waals surface area (Å²) in [6.07, 6.45) is 0. The molecular formula is C12H12ClFN2S. The van der Waals surface area contributed by atoms with Crippen LogP contribution in [-0.2, 0) is 6.54 Å². The van der Waals surface area contributed by atoms with E-state index in [-0.39, 0.29) is 5.82 Å². The summed E-state index contributed by atoms with van der Waals surface area (Å²) in [7, 11) is 1.87. The first-order chi connectivity index (χ1) is 8.11. The molecule has 0 bridgehead atoms. The van der Waals surface area contributed by atoms with Crippen LogP contribution in [0.5, 0.6) is 0 Å². The van der Waals surface area contributed by atoms with E-state index in [2.05, 4.69) is 10.3 Å².